The summed E-state index contributed by atoms with van der Waals surface area (Å²) in [6.07, 6.45) is 4.64. The SMILES string of the molecule is Cn1ccc(Cn2cc(C(=O)O)cn2)n1. The van der Waals surface area contributed by atoms with Crippen LogP contribution >= 0.6 is 0 Å². The molecule has 0 saturated heterocycles. The van der Waals surface area contributed by atoms with Gasteiger partial charge in [-0.05, 0) is 6.07 Å². The lowest BCUT2D eigenvalue weighted by molar-refractivity contribution is 0.0697. The fourth-order valence-corrected chi connectivity index (χ4v) is 1.27. The van der Waals surface area contributed by atoms with Gasteiger partial charge in [0.25, 0.3) is 0 Å². The van der Waals surface area contributed by atoms with Crippen molar-refractivity contribution < 1.29 is 9.90 Å². The van der Waals surface area contributed by atoms with E-state index in [1.165, 1.54) is 12.4 Å². The Morgan fingerprint density at radius 1 is 1.60 bits per heavy atom. The standard InChI is InChI=1S/C9H10N4O2/c1-12-3-2-8(11-12)6-13-5-7(4-10-13)9(14)15/h2-5H,6H2,1H3,(H,14,15). The van der Waals surface area contributed by atoms with E-state index in [4.69, 9.17) is 5.11 Å². The van der Waals surface area contributed by atoms with Crippen LogP contribution in [0.25, 0.3) is 0 Å². The van der Waals surface area contributed by atoms with Crippen LogP contribution in [0.15, 0.2) is 24.7 Å². The minimum absolute atomic E-state index is 0.186. The van der Waals surface area contributed by atoms with E-state index in [2.05, 4.69) is 10.2 Å². The molecule has 0 unspecified atom stereocenters. The van der Waals surface area contributed by atoms with Gasteiger partial charge in [-0.2, -0.15) is 10.2 Å². The zero-order valence-electron chi connectivity index (χ0n) is 8.16. The van der Waals surface area contributed by atoms with E-state index in [9.17, 15) is 4.79 Å². The van der Waals surface area contributed by atoms with Crippen LogP contribution in [0.3, 0.4) is 0 Å². The van der Waals surface area contributed by atoms with Crippen LogP contribution < -0.4 is 0 Å². The molecule has 0 aliphatic rings. The molecule has 0 atom stereocenters. The van der Waals surface area contributed by atoms with E-state index in [1.807, 2.05) is 19.3 Å². The molecule has 2 aromatic heterocycles. The summed E-state index contributed by atoms with van der Waals surface area (Å²) in [6.45, 7) is 0.480. The first-order valence-electron chi connectivity index (χ1n) is 4.39. The molecule has 0 aliphatic carbocycles. The third kappa shape index (κ3) is 2.04. The molecule has 0 aromatic carbocycles. The monoisotopic (exact) mass is 206 g/mol. The Hall–Kier alpha value is -2.11. The fraction of sp³-hybridized carbons (Fsp3) is 0.222. The third-order valence-electron chi connectivity index (χ3n) is 1.97. The molecule has 15 heavy (non-hydrogen) atoms. The summed E-state index contributed by atoms with van der Waals surface area (Å²) in [5.74, 6) is -0.970. The fourth-order valence-electron chi connectivity index (χ4n) is 1.27. The first-order valence-corrected chi connectivity index (χ1v) is 4.39. The maximum atomic E-state index is 10.6. The molecule has 2 rings (SSSR count). The molecule has 0 aliphatic heterocycles. The van der Waals surface area contributed by atoms with Gasteiger partial charge in [-0.1, -0.05) is 0 Å². The van der Waals surface area contributed by atoms with Crippen molar-refractivity contribution in [2.45, 2.75) is 6.54 Å². The number of carboxylic acids is 1. The van der Waals surface area contributed by atoms with Gasteiger partial charge in [0.15, 0.2) is 0 Å². The predicted molar refractivity (Wildman–Crippen MR) is 51.5 cm³/mol. The summed E-state index contributed by atoms with van der Waals surface area (Å²) in [5.41, 5.74) is 1.03. The highest BCUT2D eigenvalue weighted by atomic mass is 16.4. The number of rotatable bonds is 3. The van der Waals surface area contributed by atoms with Gasteiger partial charge in [0.05, 0.1) is 24.0 Å². The van der Waals surface area contributed by atoms with Gasteiger partial charge in [-0.25, -0.2) is 4.79 Å². The van der Waals surface area contributed by atoms with Crippen LogP contribution in [-0.2, 0) is 13.6 Å². The molecule has 0 bridgehead atoms. The lowest BCUT2D eigenvalue weighted by atomic mass is 10.4. The van der Waals surface area contributed by atoms with Crippen molar-refractivity contribution in [3.63, 3.8) is 0 Å². The predicted octanol–water partition coefficient (Wildman–Crippen LogP) is 0.363. The van der Waals surface area contributed by atoms with Crippen molar-refractivity contribution in [3.05, 3.63) is 35.9 Å². The molecular weight excluding hydrogens is 196 g/mol. The topological polar surface area (TPSA) is 72.9 Å². The number of aromatic carboxylic acids is 1. The molecule has 0 fully saturated rings. The van der Waals surface area contributed by atoms with E-state index >= 15 is 0 Å². The molecule has 0 saturated carbocycles. The third-order valence-corrected chi connectivity index (χ3v) is 1.97. The Bertz CT molecular complexity index is 486. The summed E-state index contributed by atoms with van der Waals surface area (Å²) < 4.78 is 3.24. The normalized spacial score (nSPS) is 10.5. The maximum Gasteiger partial charge on any atom is 0.338 e. The molecule has 1 N–H and O–H groups in total. The highest BCUT2D eigenvalue weighted by Crippen LogP contribution is 2.01. The van der Waals surface area contributed by atoms with Crippen LogP contribution in [0.4, 0.5) is 0 Å². The van der Waals surface area contributed by atoms with E-state index in [1.54, 1.807) is 9.36 Å². The average molecular weight is 206 g/mol. The number of carboxylic acid groups (broad SMARTS) is 1. The quantitative estimate of drug-likeness (QED) is 0.787. The van der Waals surface area contributed by atoms with Crippen molar-refractivity contribution in [1.29, 1.82) is 0 Å². The van der Waals surface area contributed by atoms with Gasteiger partial charge in [0, 0.05) is 19.4 Å². The van der Waals surface area contributed by atoms with E-state index < -0.39 is 5.97 Å². The highest BCUT2D eigenvalue weighted by Gasteiger charge is 2.06. The second kappa shape index (κ2) is 3.56. The minimum Gasteiger partial charge on any atom is -0.478 e. The summed E-state index contributed by atoms with van der Waals surface area (Å²) in [7, 11) is 1.83. The molecular formula is C9H10N4O2. The number of carbonyl (C=O) groups is 1. The average Bonchev–Trinajstić information content (AvgIpc) is 2.76. The van der Waals surface area contributed by atoms with Crippen molar-refractivity contribution in [2.75, 3.05) is 0 Å². The largest absolute Gasteiger partial charge is 0.478 e. The Balaban J connectivity index is 2.14. The van der Waals surface area contributed by atoms with E-state index in [-0.39, 0.29) is 5.56 Å². The number of aromatic nitrogens is 4. The Labute approximate surface area is 85.8 Å². The second-order valence-corrected chi connectivity index (χ2v) is 3.21. The lowest BCUT2D eigenvalue weighted by Crippen LogP contribution is -2.02. The summed E-state index contributed by atoms with van der Waals surface area (Å²) in [6, 6.07) is 1.86. The van der Waals surface area contributed by atoms with Gasteiger partial charge in [-0.3, -0.25) is 9.36 Å². The van der Waals surface area contributed by atoms with E-state index in [0.717, 1.165) is 5.69 Å². The molecule has 2 heterocycles. The van der Waals surface area contributed by atoms with Crippen LogP contribution in [0, 0.1) is 0 Å². The lowest BCUT2D eigenvalue weighted by Gasteiger charge is -1.96. The van der Waals surface area contributed by atoms with Crippen molar-refractivity contribution >= 4 is 5.97 Å². The first kappa shape index (κ1) is 9.45. The van der Waals surface area contributed by atoms with Gasteiger partial charge in [0.2, 0.25) is 0 Å². The molecule has 0 radical (unpaired) electrons. The first-order chi connectivity index (χ1) is 7.15. The number of hydrogen-bond acceptors (Lipinski definition) is 3. The second-order valence-electron chi connectivity index (χ2n) is 3.21. The van der Waals surface area contributed by atoms with Gasteiger partial charge >= 0.3 is 5.97 Å². The molecule has 6 nitrogen and oxygen atoms in total. The van der Waals surface area contributed by atoms with Crippen molar-refractivity contribution in [1.82, 2.24) is 19.6 Å². The highest BCUT2D eigenvalue weighted by molar-refractivity contribution is 5.86. The number of hydrogen-bond donors (Lipinski definition) is 1. The smallest absolute Gasteiger partial charge is 0.338 e. The van der Waals surface area contributed by atoms with Gasteiger partial charge < -0.3 is 5.11 Å². The minimum atomic E-state index is -0.970. The maximum absolute atomic E-state index is 10.6. The van der Waals surface area contributed by atoms with Crippen LogP contribution in [-0.4, -0.2) is 30.6 Å². The number of aryl methyl sites for hydroxylation is 1. The van der Waals surface area contributed by atoms with Crippen molar-refractivity contribution in [2.24, 2.45) is 7.05 Å². The molecule has 0 spiro atoms. The van der Waals surface area contributed by atoms with Gasteiger partial charge in [-0.15, -0.1) is 0 Å². The van der Waals surface area contributed by atoms with Crippen molar-refractivity contribution in [3.8, 4) is 0 Å². The summed E-state index contributed by atoms with van der Waals surface area (Å²) in [4.78, 5) is 10.6. The summed E-state index contributed by atoms with van der Waals surface area (Å²) >= 11 is 0. The Kier molecular flexibility index (Phi) is 2.24. The molecule has 78 valence electrons. The zero-order valence-corrected chi connectivity index (χ0v) is 8.16. The molecule has 0 amide bonds. The Morgan fingerprint density at radius 3 is 2.93 bits per heavy atom. The zero-order chi connectivity index (χ0) is 10.8. The van der Waals surface area contributed by atoms with E-state index in [0.29, 0.717) is 6.54 Å². The van der Waals surface area contributed by atoms with Gasteiger partial charge in [0.1, 0.15) is 0 Å². The number of nitrogens with zero attached hydrogens (tertiary/aromatic N) is 4. The van der Waals surface area contributed by atoms with Crippen LogP contribution in [0.2, 0.25) is 0 Å². The van der Waals surface area contributed by atoms with Crippen LogP contribution in [0.5, 0.6) is 0 Å². The Morgan fingerprint density at radius 2 is 2.40 bits per heavy atom. The molecule has 6 heteroatoms. The molecule has 2 aromatic rings. The summed E-state index contributed by atoms with van der Waals surface area (Å²) in [5, 5.41) is 16.8. The van der Waals surface area contributed by atoms with Crippen LogP contribution in [0.1, 0.15) is 16.1 Å².